The van der Waals surface area contributed by atoms with E-state index in [4.69, 9.17) is 11.3 Å². The lowest BCUT2D eigenvalue weighted by molar-refractivity contribution is 0.112. The Morgan fingerprint density at radius 2 is 2.38 bits per heavy atom. The first-order chi connectivity index (χ1) is 3.81. The van der Waals surface area contributed by atoms with E-state index in [-0.39, 0.29) is 0 Å². The summed E-state index contributed by atoms with van der Waals surface area (Å²) < 4.78 is 4.98. The molecule has 0 bridgehead atoms. The van der Waals surface area contributed by atoms with E-state index in [9.17, 15) is 0 Å². The van der Waals surface area contributed by atoms with Crippen LogP contribution in [0, 0.1) is 6.58 Å². The Labute approximate surface area is 51.4 Å². The molecule has 1 atom stereocenters. The third-order valence-corrected chi connectivity index (χ3v) is 1.14. The van der Waals surface area contributed by atoms with Gasteiger partial charge >= 0.3 is 0 Å². The highest BCUT2D eigenvalue weighted by molar-refractivity contribution is 4.64. The lowest BCUT2D eigenvalue weighted by atomic mass is 10.2. The maximum absolute atomic E-state index is 5.15. The van der Waals surface area contributed by atoms with Crippen LogP contribution < -0.4 is 0 Å². The first-order valence-electron chi connectivity index (χ1n) is 2.87. The molecular formula is C7H13O. The number of ether oxygens (including phenoxy) is 1. The second-order valence-electron chi connectivity index (χ2n) is 1.86. The minimum absolute atomic E-state index is 0.342. The Morgan fingerprint density at radius 1 is 1.75 bits per heavy atom. The van der Waals surface area contributed by atoms with E-state index in [2.05, 4.69) is 0 Å². The Balaban J connectivity index is 2.97. The molecule has 47 valence electrons. The first kappa shape index (κ1) is 7.70. The Kier molecular flexibility index (Phi) is 4.67. The summed E-state index contributed by atoms with van der Waals surface area (Å²) in [5, 5.41) is 0. The summed E-state index contributed by atoms with van der Waals surface area (Å²) in [5.74, 6) is 0. The molecule has 0 aliphatic rings. The second-order valence-corrected chi connectivity index (χ2v) is 1.86. The lowest BCUT2D eigenvalue weighted by Crippen LogP contribution is -2.02. The fraction of sp³-hybridized carbons (Fsp3) is 0.714. The van der Waals surface area contributed by atoms with Gasteiger partial charge in [0.1, 0.15) is 0 Å². The van der Waals surface area contributed by atoms with E-state index < -0.39 is 0 Å². The van der Waals surface area contributed by atoms with E-state index in [1.807, 2.05) is 6.92 Å². The summed E-state index contributed by atoms with van der Waals surface area (Å²) in [7, 11) is 1.71. The average molecular weight is 113 g/mol. The van der Waals surface area contributed by atoms with Crippen LogP contribution in [0.2, 0.25) is 0 Å². The molecule has 0 heterocycles. The van der Waals surface area contributed by atoms with Gasteiger partial charge in [0.2, 0.25) is 0 Å². The van der Waals surface area contributed by atoms with Crippen molar-refractivity contribution in [3.63, 3.8) is 0 Å². The Hall–Kier alpha value is -0.300. The van der Waals surface area contributed by atoms with Crippen molar-refractivity contribution >= 4 is 0 Å². The van der Waals surface area contributed by atoms with Crippen molar-refractivity contribution in [2.24, 2.45) is 0 Å². The van der Waals surface area contributed by atoms with Crippen molar-refractivity contribution in [1.82, 2.24) is 0 Å². The van der Waals surface area contributed by atoms with Crippen molar-refractivity contribution < 1.29 is 4.74 Å². The fourth-order valence-electron chi connectivity index (χ4n) is 0.449. The van der Waals surface area contributed by atoms with Gasteiger partial charge < -0.3 is 4.74 Å². The molecule has 0 aromatic heterocycles. The highest BCUT2D eigenvalue weighted by atomic mass is 16.5. The van der Waals surface area contributed by atoms with E-state index in [0.717, 1.165) is 12.8 Å². The van der Waals surface area contributed by atoms with Gasteiger partial charge in [0.25, 0.3) is 0 Å². The second kappa shape index (κ2) is 4.85. The molecule has 1 radical (unpaired) electrons. The summed E-state index contributed by atoms with van der Waals surface area (Å²) in [6.07, 6.45) is 3.96. The van der Waals surface area contributed by atoms with Crippen LogP contribution in [0.4, 0.5) is 0 Å². The van der Waals surface area contributed by atoms with Crippen LogP contribution >= 0.6 is 0 Å². The van der Waals surface area contributed by atoms with E-state index in [1.54, 1.807) is 13.2 Å². The van der Waals surface area contributed by atoms with E-state index >= 15 is 0 Å². The smallest absolute Gasteiger partial charge is 0.0546 e. The predicted octanol–water partition coefficient (Wildman–Crippen LogP) is 1.79. The molecule has 8 heavy (non-hydrogen) atoms. The van der Waals surface area contributed by atoms with Crippen LogP contribution in [-0.2, 0) is 4.74 Å². The highest BCUT2D eigenvalue weighted by Crippen LogP contribution is 1.98. The first-order valence-corrected chi connectivity index (χ1v) is 2.87. The fourth-order valence-corrected chi connectivity index (χ4v) is 0.449. The predicted molar refractivity (Wildman–Crippen MR) is 34.6 cm³/mol. The van der Waals surface area contributed by atoms with Gasteiger partial charge in [0.15, 0.2) is 0 Å². The number of allylic oxidation sites excluding steroid dienone is 1. The molecule has 1 heteroatoms. The molecule has 0 fully saturated rings. The molecule has 0 rings (SSSR count). The third-order valence-electron chi connectivity index (χ3n) is 1.14. The van der Waals surface area contributed by atoms with Gasteiger partial charge in [-0.2, -0.15) is 0 Å². The Bertz CT molecular complexity index is 59.4. The monoisotopic (exact) mass is 113 g/mol. The summed E-state index contributed by atoms with van der Waals surface area (Å²) in [5.41, 5.74) is 0. The standard InChI is InChI=1S/C7H13O/c1-4-5-6-7(2)8-3/h1,4,7H,5-6H2,2-3H3. The number of methoxy groups -OCH3 is 1. The molecular weight excluding hydrogens is 100 g/mol. The number of hydrogen-bond donors (Lipinski definition) is 0. The van der Waals surface area contributed by atoms with Gasteiger partial charge in [-0.3, -0.25) is 0 Å². The molecule has 0 aromatic rings. The highest BCUT2D eigenvalue weighted by Gasteiger charge is 1.93. The number of hydrogen-bond acceptors (Lipinski definition) is 1. The van der Waals surface area contributed by atoms with Gasteiger partial charge in [0, 0.05) is 7.11 Å². The molecule has 0 saturated carbocycles. The maximum Gasteiger partial charge on any atom is 0.0546 e. The summed E-state index contributed by atoms with van der Waals surface area (Å²) >= 11 is 0. The summed E-state index contributed by atoms with van der Waals surface area (Å²) in [6.45, 7) is 7.18. The zero-order valence-electron chi connectivity index (χ0n) is 5.55. The zero-order chi connectivity index (χ0) is 6.41. The minimum atomic E-state index is 0.342. The third kappa shape index (κ3) is 3.88. The van der Waals surface area contributed by atoms with Crippen LogP contribution in [0.1, 0.15) is 19.8 Å². The van der Waals surface area contributed by atoms with Crippen LogP contribution in [0.3, 0.4) is 0 Å². The minimum Gasteiger partial charge on any atom is -0.382 e. The lowest BCUT2D eigenvalue weighted by Gasteiger charge is -2.04. The van der Waals surface area contributed by atoms with Crippen LogP contribution in [-0.4, -0.2) is 13.2 Å². The van der Waals surface area contributed by atoms with Crippen LogP contribution in [0.5, 0.6) is 0 Å². The normalized spacial score (nSPS) is 13.2. The van der Waals surface area contributed by atoms with Crippen molar-refractivity contribution in [3.8, 4) is 0 Å². The van der Waals surface area contributed by atoms with Crippen LogP contribution in [0.25, 0.3) is 0 Å². The largest absolute Gasteiger partial charge is 0.382 e. The summed E-state index contributed by atoms with van der Waals surface area (Å²) in [6, 6.07) is 0. The molecule has 0 aromatic carbocycles. The molecule has 0 saturated heterocycles. The quantitative estimate of drug-likeness (QED) is 0.540. The molecule has 0 aliphatic heterocycles. The molecule has 1 unspecified atom stereocenters. The molecule has 0 aliphatic carbocycles. The SMILES string of the molecule is [CH]=CCCC(C)OC. The van der Waals surface area contributed by atoms with Crippen molar-refractivity contribution in [2.45, 2.75) is 25.9 Å². The molecule has 0 amide bonds. The van der Waals surface area contributed by atoms with Crippen LogP contribution in [0.15, 0.2) is 6.08 Å². The zero-order valence-corrected chi connectivity index (χ0v) is 5.55. The molecule has 0 spiro atoms. The maximum atomic E-state index is 5.15. The topological polar surface area (TPSA) is 9.23 Å². The molecule has 0 N–H and O–H groups in total. The number of rotatable bonds is 4. The Morgan fingerprint density at radius 3 is 2.75 bits per heavy atom. The van der Waals surface area contributed by atoms with Gasteiger partial charge in [-0.15, -0.1) is 0 Å². The van der Waals surface area contributed by atoms with Crippen molar-refractivity contribution in [2.75, 3.05) is 7.11 Å². The van der Waals surface area contributed by atoms with E-state index in [0.29, 0.717) is 6.10 Å². The van der Waals surface area contributed by atoms with Crippen molar-refractivity contribution in [3.05, 3.63) is 12.7 Å². The van der Waals surface area contributed by atoms with Gasteiger partial charge in [-0.05, 0) is 19.8 Å². The van der Waals surface area contributed by atoms with Crippen molar-refractivity contribution in [1.29, 1.82) is 0 Å². The van der Waals surface area contributed by atoms with Gasteiger partial charge in [-0.1, -0.05) is 12.7 Å². The van der Waals surface area contributed by atoms with Gasteiger partial charge in [0.05, 0.1) is 6.10 Å². The van der Waals surface area contributed by atoms with Gasteiger partial charge in [-0.25, -0.2) is 0 Å². The summed E-state index contributed by atoms with van der Waals surface area (Å²) in [4.78, 5) is 0. The molecule has 1 nitrogen and oxygen atoms in total. The average Bonchev–Trinajstić information content (AvgIpc) is 1.83. The van der Waals surface area contributed by atoms with E-state index in [1.165, 1.54) is 0 Å².